The Labute approximate surface area is 162 Å². The van der Waals surface area contributed by atoms with E-state index in [1.165, 1.54) is 0 Å². The third-order valence-corrected chi connectivity index (χ3v) is 4.67. The van der Waals surface area contributed by atoms with Gasteiger partial charge in [0.2, 0.25) is 0 Å². The van der Waals surface area contributed by atoms with Crippen LogP contribution in [0.4, 0.5) is 0 Å². The topological polar surface area (TPSA) is 57.9 Å². The third kappa shape index (κ3) is 3.27. The van der Waals surface area contributed by atoms with E-state index in [9.17, 15) is 4.79 Å². The van der Waals surface area contributed by atoms with Crippen molar-refractivity contribution in [3.8, 4) is 5.75 Å². The van der Waals surface area contributed by atoms with Crippen LogP contribution in [0, 0.1) is 0 Å². The molecule has 0 aliphatic carbocycles. The molecule has 0 N–H and O–H groups in total. The van der Waals surface area contributed by atoms with E-state index in [1.54, 1.807) is 31.4 Å². The molecule has 3 aromatic rings. The van der Waals surface area contributed by atoms with Gasteiger partial charge < -0.3 is 18.6 Å². The van der Waals surface area contributed by atoms with Crippen molar-refractivity contribution in [3.63, 3.8) is 0 Å². The zero-order chi connectivity index (χ0) is 19.7. The molecule has 0 fully saturated rings. The minimum Gasteiger partial charge on any atom is -0.497 e. The monoisotopic (exact) mass is 376 g/mol. The molecule has 5 nitrogen and oxygen atoms in total. The van der Waals surface area contributed by atoms with Gasteiger partial charge in [0.25, 0.3) is 0 Å². The predicted molar refractivity (Wildman–Crippen MR) is 106 cm³/mol. The Kier molecular flexibility index (Phi) is 4.65. The van der Waals surface area contributed by atoms with Gasteiger partial charge in [0.1, 0.15) is 23.7 Å². The fourth-order valence-corrected chi connectivity index (χ4v) is 3.17. The van der Waals surface area contributed by atoms with Crippen LogP contribution >= 0.6 is 0 Å². The number of rotatable bonds is 4. The number of fused-ring (bicyclic) bond motifs is 1. The van der Waals surface area contributed by atoms with E-state index in [4.69, 9.17) is 18.6 Å². The van der Waals surface area contributed by atoms with E-state index in [2.05, 4.69) is 0 Å². The maximum Gasteiger partial charge on any atom is 0.343 e. The van der Waals surface area contributed by atoms with Gasteiger partial charge in [-0.1, -0.05) is 18.2 Å². The summed E-state index contributed by atoms with van der Waals surface area (Å²) >= 11 is 0. The SMILES string of the molecule is COc1ccc(C(=O)OC2=C(C)COC(c3cc4ccccc4o3)=C2C)cc1. The molecular formula is C23H20O5. The molecule has 1 aliphatic rings. The summed E-state index contributed by atoms with van der Waals surface area (Å²) in [6.07, 6.45) is 0. The second kappa shape index (κ2) is 7.27. The summed E-state index contributed by atoms with van der Waals surface area (Å²) in [4.78, 5) is 12.6. The lowest BCUT2D eigenvalue weighted by Crippen LogP contribution is -2.14. The molecule has 0 spiro atoms. The summed E-state index contributed by atoms with van der Waals surface area (Å²) in [5, 5.41) is 0.990. The highest BCUT2D eigenvalue weighted by molar-refractivity contribution is 5.91. The molecule has 0 amide bonds. The van der Waals surface area contributed by atoms with Crippen LogP contribution in [0.25, 0.3) is 16.7 Å². The molecule has 5 heteroatoms. The Morgan fingerprint density at radius 2 is 1.79 bits per heavy atom. The minimum atomic E-state index is -0.429. The van der Waals surface area contributed by atoms with Gasteiger partial charge in [0.05, 0.1) is 12.7 Å². The number of esters is 1. The maximum absolute atomic E-state index is 12.6. The molecule has 2 aromatic carbocycles. The highest BCUT2D eigenvalue weighted by Gasteiger charge is 2.25. The number of hydrogen-bond donors (Lipinski definition) is 0. The van der Waals surface area contributed by atoms with Gasteiger partial charge in [0.15, 0.2) is 11.5 Å². The Morgan fingerprint density at radius 1 is 1.04 bits per heavy atom. The maximum atomic E-state index is 12.6. The number of furan rings is 1. The van der Waals surface area contributed by atoms with Crippen molar-refractivity contribution in [1.29, 1.82) is 0 Å². The van der Waals surface area contributed by atoms with Gasteiger partial charge in [-0.3, -0.25) is 0 Å². The summed E-state index contributed by atoms with van der Waals surface area (Å²) in [5.41, 5.74) is 2.80. The third-order valence-electron chi connectivity index (χ3n) is 4.67. The van der Waals surface area contributed by atoms with E-state index < -0.39 is 5.97 Å². The Balaban J connectivity index is 1.64. The fourth-order valence-electron chi connectivity index (χ4n) is 3.17. The molecule has 0 bridgehead atoms. The Morgan fingerprint density at radius 3 is 2.50 bits per heavy atom. The van der Waals surface area contributed by atoms with Gasteiger partial charge in [0, 0.05) is 16.5 Å². The smallest absolute Gasteiger partial charge is 0.343 e. The number of ether oxygens (including phenoxy) is 3. The number of benzene rings is 2. The quantitative estimate of drug-likeness (QED) is 0.576. The zero-order valence-electron chi connectivity index (χ0n) is 15.9. The predicted octanol–water partition coefficient (Wildman–Crippen LogP) is 5.33. The van der Waals surface area contributed by atoms with Crippen molar-refractivity contribution in [2.45, 2.75) is 13.8 Å². The van der Waals surface area contributed by atoms with Crippen molar-refractivity contribution in [3.05, 3.63) is 82.8 Å². The van der Waals surface area contributed by atoms with Crippen LogP contribution in [0.5, 0.6) is 5.75 Å². The number of allylic oxidation sites excluding steroid dienone is 1. The van der Waals surface area contributed by atoms with Crippen molar-refractivity contribution in [2.24, 2.45) is 0 Å². The molecular weight excluding hydrogens is 356 g/mol. The zero-order valence-corrected chi connectivity index (χ0v) is 15.9. The highest BCUT2D eigenvalue weighted by atomic mass is 16.5. The van der Waals surface area contributed by atoms with Crippen molar-refractivity contribution in [1.82, 2.24) is 0 Å². The normalized spacial score (nSPS) is 14.2. The van der Waals surface area contributed by atoms with Crippen LogP contribution in [0.15, 0.2) is 75.9 Å². The Bertz CT molecular complexity index is 1070. The molecule has 0 unspecified atom stereocenters. The largest absolute Gasteiger partial charge is 0.497 e. The van der Waals surface area contributed by atoms with Crippen LogP contribution in [-0.2, 0) is 9.47 Å². The van der Waals surface area contributed by atoms with E-state index in [1.807, 2.05) is 44.2 Å². The first-order valence-electron chi connectivity index (χ1n) is 8.96. The van der Waals surface area contributed by atoms with Gasteiger partial charge in [-0.15, -0.1) is 0 Å². The minimum absolute atomic E-state index is 0.328. The van der Waals surface area contributed by atoms with Crippen molar-refractivity contribution in [2.75, 3.05) is 13.7 Å². The lowest BCUT2D eigenvalue weighted by molar-refractivity contribution is 0.0621. The van der Waals surface area contributed by atoms with Crippen LogP contribution in [0.1, 0.15) is 30.0 Å². The first kappa shape index (κ1) is 17.9. The molecule has 4 rings (SSSR count). The number of para-hydroxylation sites is 1. The molecule has 142 valence electrons. The lowest BCUT2D eigenvalue weighted by Gasteiger charge is -2.22. The summed E-state index contributed by atoms with van der Waals surface area (Å²) in [6.45, 7) is 4.08. The number of carbonyl (C=O) groups excluding carboxylic acids is 1. The van der Waals surface area contributed by atoms with Crippen LogP contribution in [0.2, 0.25) is 0 Å². The average molecular weight is 376 g/mol. The van der Waals surface area contributed by atoms with Gasteiger partial charge in [-0.25, -0.2) is 4.79 Å². The van der Waals surface area contributed by atoms with Gasteiger partial charge >= 0.3 is 5.97 Å². The number of methoxy groups -OCH3 is 1. The summed E-state index contributed by atoms with van der Waals surface area (Å²) < 4.78 is 22.6. The number of hydrogen-bond acceptors (Lipinski definition) is 5. The molecule has 0 saturated heterocycles. The fraction of sp³-hybridized carbons (Fsp3) is 0.174. The van der Waals surface area contributed by atoms with E-state index in [-0.39, 0.29) is 0 Å². The summed E-state index contributed by atoms with van der Waals surface area (Å²) in [7, 11) is 1.58. The molecule has 2 heterocycles. The van der Waals surface area contributed by atoms with Crippen molar-refractivity contribution < 1.29 is 23.4 Å². The number of carbonyl (C=O) groups is 1. The molecule has 1 aliphatic heterocycles. The van der Waals surface area contributed by atoms with E-state index in [0.717, 1.165) is 22.1 Å². The lowest BCUT2D eigenvalue weighted by atomic mass is 10.1. The van der Waals surface area contributed by atoms with Crippen molar-refractivity contribution >= 4 is 22.7 Å². The second-order valence-electron chi connectivity index (χ2n) is 6.62. The highest BCUT2D eigenvalue weighted by Crippen LogP contribution is 2.35. The molecule has 0 atom stereocenters. The van der Waals surface area contributed by atoms with Gasteiger partial charge in [-0.2, -0.15) is 0 Å². The van der Waals surface area contributed by atoms with E-state index >= 15 is 0 Å². The molecule has 0 radical (unpaired) electrons. The van der Waals surface area contributed by atoms with Crippen LogP contribution in [0.3, 0.4) is 0 Å². The Hall–Kier alpha value is -3.47. The summed E-state index contributed by atoms with van der Waals surface area (Å²) in [6, 6.07) is 16.5. The van der Waals surface area contributed by atoms with Crippen LogP contribution in [-0.4, -0.2) is 19.7 Å². The van der Waals surface area contributed by atoms with E-state index in [0.29, 0.717) is 35.2 Å². The van der Waals surface area contributed by atoms with Crippen LogP contribution < -0.4 is 4.74 Å². The molecule has 0 saturated carbocycles. The standard InChI is InChI=1S/C23H20O5/c1-14-13-26-22(20-12-17-6-4-5-7-19(17)27-20)15(2)21(14)28-23(24)16-8-10-18(25-3)11-9-16/h4-12H,13H2,1-3H3. The second-order valence-corrected chi connectivity index (χ2v) is 6.62. The first-order chi connectivity index (χ1) is 13.6. The van der Waals surface area contributed by atoms with Gasteiger partial charge in [-0.05, 0) is 50.2 Å². The average Bonchev–Trinajstić information content (AvgIpc) is 3.15. The molecule has 28 heavy (non-hydrogen) atoms. The summed E-state index contributed by atoms with van der Waals surface area (Å²) in [5.74, 6) is 1.97. The first-order valence-corrected chi connectivity index (χ1v) is 8.96. The molecule has 1 aromatic heterocycles.